The summed E-state index contributed by atoms with van der Waals surface area (Å²) in [4.78, 5) is 12.4. The summed E-state index contributed by atoms with van der Waals surface area (Å²) < 4.78 is 13.2. The highest BCUT2D eigenvalue weighted by Gasteiger charge is 2.23. The molecule has 132 valence electrons. The molecule has 1 aromatic carbocycles. The molecule has 2 aliphatic heterocycles. The van der Waals surface area contributed by atoms with Gasteiger partial charge in [-0.15, -0.1) is 10.2 Å². The van der Waals surface area contributed by atoms with Crippen LogP contribution in [0.3, 0.4) is 0 Å². The van der Waals surface area contributed by atoms with Gasteiger partial charge in [0.2, 0.25) is 5.91 Å². The lowest BCUT2D eigenvalue weighted by atomic mass is 10.1. The van der Waals surface area contributed by atoms with E-state index >= 15 is 0 Å². The first-order chi connectivity index (χ1) is 12.2. The number of hydrogen-bond acceptors (Lipinski definition) is 5. The molecule has 25 heavy (non-hydrogen) atoms. The third-order valence-electron chi connectivity index (χ3n) is 4.68. The van der Waals surface area contributed by atoms with E-state index in [1.54, 1.807) is 0 Å². The number of amides is 1. The number of nitrogens with one attached hydrogen (secondary N) is 1. The predicted octanol–water partition coefficient (Wildman–Crippen LogP) is 1.29. The molecule has 1 unspecified atom stereocenters. The summed E-state index contributed by atoms with van der Waals surface area (Å²) in [5.41, 5.74) is 0.928. The number of aryl methyl sites for hydroxylation is 2. The molecule has 1 amide bonds. The van der Waals surface area contributed by atoms with E-state index in [-0.39, 0.29) is 11.9 Å². The zero-order chi connectivity index (χ0) is 17.2. The van der Waals surface area contributed by atoms with Gasteiger partial charge in [0.15, 0.2) is 11.5 Å². The van der Waals surface area contributed by atoms with Crippen LogP contribution in [0.15, 0.2) is 18.2 Å². The third kappa shape index (κ3) is 3.31. The minimum absolute atomic E-state index is 0.0243. The fourth-order valence-corrected chi connectivity index (χ4v) is 3.42. The van der Waals surface area contributed by atoms with Crippen molar-refractivity contribution in [1.82, 2.24) is 20.1 Å². The summed E-state index contributed by atoms with van der Waals surface area (Å²) in [6, 6.07) is 5.80. The average molecular weight is 342 g/mol. The van der Waals surface area contributed by atoms with Crippen molar-refractivity contribution >= 4 is 5.91 Å². The van der Waals surface area contributed by atoms with Crippen molar-refractivity contribution in [1.29, 1.82) is 0 Å². The van der Waals surface area contributed by atoms with Gasteiger partial charge in [-0.25, -0.2) is 0 Å². The van der Waals surface area contributed by atoms with Crippen LogP contribution in [0.25, 0.3) is 0 Å². The lowest BCUT2D eigenvalue weighted by Gasteiger charge is -2.25. The fourth-order valence-electron chi connectivity index (χ4n) is 3.42. The molecule has 0 saturated carbocycles. The quantitative estimate of drug-likeness (QED) is 0.906. The van der Waals surface area contributed by atoms with E-state index in [4.69, 9.17) is 9.47 Å². The Morgan fingerprint density at radius 1 is 1.28 bits per heavy atom. The largest absolute Gasteiger partial charge is 0.486 e. The second kappa shape index (κ2) is 6.74. The summed E-state index contributed by atoms with van der Waals surface area (Å²) in [7, 11) is 0. The van der Waals surface area contributed by atoms with Crippen molar-refractivity contribution in [3.63, 3.8) is 0 Å². The first kappa shape index (κ1) is 15.9. The Balaban J connectivity index is 1.38. The number of rotatable bonds is 4. The molecule has 0 radical (unpaired) electrons. The highest BCUT2D eigenvalue weighted by Crippen LogP contribution is 2.30. The molecule has 4 rings (SSSR count). The van der Waals surface area contributed by atoms with Crippen molar-refractivity contribution in [2.24, 2.45) is 0 Å². The highest BCUT2D eigenvalue weighted by atomic mass is 16.6. The van der Waals surface area contributed by atoms with Crippen LogP contribution >= 0.6 is 0 Å². The summed E-state index contributed by atoms with van der Waals surface area (Å²) >= 11 is 0. The van der Waals surface area contributed by atoms with Gasteiger partial charge < -0.3 is 19.4 Å². The number of aromatic nitrogens is 3. The topological polar surface area (TPSA) is 78.3 Å². The van der Waals surface area contributed by atoms with Gasteiger partial charge in [-0.05, 0) is 24.1 Å². The van der Waals surface area contributed by atoms with Gasteiger partial charge in [-0.2, -0.15) is 0 Å². The molecule has 1 N–H and O–H groups in total. The average Bonchev–Trinajstić information content (AvgIpc) is 3.04. The van der Waals surface area contributed by atoms with Crippen LogP contribution in [0.1, 0.15) is 30.6 Å². The Morgan fingerprint density at radius 2 is 2.12 bits per heavy atom. The third-order valence-corrected chi connectivity index (χ3v) is 4.68. The van der Waals surface area contributed by atoms with Gasteiger partial charge in [-0.3, -0.25) is 4.79 Å². The van der Waals surface area contributed by atoms with Gasteiger partial charge in [0, 0.05) is 25.4 Å². The van der Waals surface area contributed by atoms with Crippen molar-refractivity contribution in [2.45, 2.75) is 45.2 Å². The van der Waals surface area contributed by atoms with Gasteiger partial charge >= 0.3 is 0 Å². The molecule has 1 aromatic heterocycles. The van der Waals surface area contributed by atoms with Crippen LogP contribution in [0.2, 0.25) is 0 Å². The summed E-state index contributed by atoms with van der Waals surface area (Å²) in [5.74, 6) is 3.50. The lowest BCUT2D eigenvalue weighted by Crippen LogP contribution is -2.42. The summed E-state index contributed by atoms with van der Waals surface area (Å²) in [6.45, 7) is 3.94. The zero-order valence-corrected chi connectivity index (χ0v) is 14.3. The van der Waals surface area contributed by atoms with Crippen LogP contribution in [0, 0.1) is 0 Å². The number of carbonyl (C=O) groups is 1. The predicted molar refractivity (Wildman–Crippen MR) is 90.8 cm³/mol. The summed E-state index contributed by atoms with van der Waals surface area (Å²) in [5, 5.41) is 11.6. The number of carbonyl (C=O) groups excluding carboxylic acids is 1. The maximum Gasteiger partial charge on any atom is 0.224 e. The molecule has 0 saturated heterocycles. The molecule has 0 aliphatic carbocycles. The van der Waals surface area contributed by atoms with E-state index in [2.05, 4.69) is 27.0 Å². The molecule has 3 heterocycles. The van der Waals surface area contributed by atoms with Crippen LogP contribution in [-0.4, -0.2) is 39.9 Å². The van der Waals surface area contributed by atoms with Crippen LogP contribution < -0.4 is 14.8 Å². The van der Waals surface area contributed by atoms with E-state index < -0.39 is 0 Å². The minimum atomic E-state index is 0.0243. The lowest BCUT2D eigenvalue weighted by molar-refractivity contribution is -0.121. The molecule has 7 nitrogen and oxygen atoms in total. The number of benzene rings is 1. The van der Waals surface area contributed by atoms with Crippen LogP contribution in [0.5, 0.6) is 11.5 Å². The second-order valence-corrected chi connectivity index (χ2v) is 6.45. The van der Waals surface area contributed by atoms with Gasteiger partial charge in [0.05, 0.1) is 6.42 Å². The zero-order valence-electron chi connectivity index (χ0n) is 14.3. The number of hydrogen-bond donors (Lipinski definition) is 1. The molecule has 0 spiro atoms. The Morgan fingerprint density at radius 3 is 2.96 bits per heavy atom. The monoisotopic (exact) mass is 342 g/mol. The van der Waals surface area contributed by atoms with Crippen molar-refractivity contribution < 1.29 is 14.3 Å². The van der Waals surface area contributed by atoms with E-state index in [9.17, 15) is 4.79 Å². The molecule has 0 fully saturated rings. The first-order valence-electron chi connectivity index (χ1n) is 8.81. The number of fused-ring (bicyclic) bond motifs is 2. The highest BCUT2D eigenvalue weighted by molar-refractivity contribution is 5.79. The van der Waals surface area contributed by atoms with Crippen LogP contribution in [-0.2, 0) is 30.6 Å². The smallest absolute Gasteiger partial charge is 0.224 e. The maximum atomic E-state index is 12.4. The molecular weight excluding hydrogens is 320 g/mol. The Labute approximate surface area is 146 Å². The van der Waals surface area contributed by atoms with Crippen molar-refractivity contribution in [2.75, 3.05) is 13.2 Å². The molecular formula is C18H22N4O3. The second-order valence-electron chi connectivity index (χ2n) is 6.45. The van der Waals surface area contributed by atoms with Crippen LogP contribution in [0.4, 0.5) is 0 Å². The normalized spacial score (nSPS) is 18.5. The molecule has 7 heteroatoms. The minimum Gasteiger partial charge on any atom is -0.486 e. The van der Waals surface area contributed by atoms with Gasteiger partial charge in [0.25, 0.3) is 0 Å². The van der Waals surface area contributed by atoms with E-state index in [1.807, 2.05) is 18.2 Å². The fraction of sp³-hybridized carbons (Fsp3) is 0.500. The maximum absolute atomic E-state index is 12.4. The summed E-state index contributed by atoms with van der Waals surface area (Å²) in [6.07, 6.45) is 2.93. The van der Waals surface area contributed by atoms with E-state index in [0.29, 0.717) is 19.6 Å². The van der Waals surface area contributed by atoms with Crippen molar-refractivity contribution in [3.05, 3.63) is 35.4 Å². The SMILES string of the molecule is CCc1nnc2n1CC(NC(=O)Cc1ccc3c(c1)OCCO3)CC2. The van der Waals surface area contributed by atoms with E-state index in [1.165, 1.54) is 0 Å². The Hall–Kier alpha value is -2.57. The Bertz CT molecular complexity index is 773. The molecule has 1 atom stereocenters. The number of nitrogens with zero attached hydrogens (tertiary/aromatic N) is 3. The standard InChI is InChI=1S/C18H22N4O3/c1-2-16-20-21-17-6-4-13(11-22(16)17)19-18(23)10-12-3-5-14-15(9-12)25-8-7-24-14/h3,5,9,13H,2,4,6-8,10-11H2,1H3,(H,19,23). The Kier molecular flexibility index (Phi) is 4.29. The first-order valence-corrected chi connectivity index (χ1v) is 8.81. The van der Waals surface area contributed by atoms with Gasteiger partial charge in [-0.1, -0.05) is 13.0 Å². The van der Waals surface area contributed by atoms with E-state index in [0.717, 1.165) is 54.5 Å². The molecule has 2 aromatic rings. The molecule has 0 bridgehead atoms. The molecule has 2 aliphatic rings. The number of ether oxygens (including phenoxy) is 2. The van der Waals surface area contributed by atoms with Gasteiger partial charge in [0.1, 0.15) is 24.9 Å². The van der Waals surface area contributed by atoms with Crippen molar-refractivity contribution in [3.8, 4) is 11.5 Å².